The molecule has 2 aliphatic rings. The lowest BCUT2D eigenvalue weighted by Gasteiger charge is -1.97. The van der Waals surface area contributed by atoms with Gasteiger partial charge in [0.25, 0.3) is 0 Å². The molecule has 0 N–H and O–H groups in total. The van der Waals surface area contributed by atoms with E-state index in [1.807, 2.05) is 12.2 Å². The van der Waals surface area contributed by atoms with Crippen molar-refractivity contribution < 1.29 is 0 Å². The smallest absolute Gasteiger partial charge is 0.178 e. The third-order valence-electron chi connectivity index (χ3n) is 2.08. The van der Waals surface area contributed by atoms with E-state index in [9.17, 15) is 0 Å². The first kappa shape index (κ1) is 6.71. The minimum atomic E-state index is 0.733. The van der Waals surface area contributed by atoms with Crippen LogP contribution in [0.25, 0.3) is 0 Å². The summed E-state index contributed by atoms with van der Waals surface area (Å²) in [5.74, 6) is 0.733. The summed E-state index contributed by atoms with van der Waals surface area (Å²) >= 11 is 0. The fourth-order valence-electron chi connectivity index (χ4n) is 1.32. The molecule has 0 aromatic carbocycles. The van der Waals surface area contributed by atoms with Crippen LogP contribution >= 0.6 is 0 Å². The number of nitrogens with zero attached hydrogens (tertiary/aromatic N) is 3. The molecule has 0 saturated heterocycles. The molecule has 3 heteroatoms. The van der Waals surface area contributed by atoms with Gasteiger partial charge >= 0.3 is 0 Å². The second-order valence-electron chi connectivity index (χ2n) is 3.05. The molecule has 0 amide bonds. The van der Waals surface area contributed by atoms with Crippen molar-refractivity contribution in [1.29, 1.82) is 0 Å². The van der Waals surface area contributed by atoms with Crippen LogP contribution in [0.2, 0.25) is 0 Å². The predicted octanol–water partition coefficient (Wildman–Crippen LogP) is 1.96. The normalized spacial score (nSPS) is 20.9. The molecule has 0 radical (unpaired) electrons. The van der Waals surface area contributed by atoms with Crippen molar-refractivity contribution >= 4 is 23.9 Å². The minimum absolute atomic E-state index is 0.733. The van der Waals surface area contributed by atoms with Crippen LogP contribution in [-0.4, -0.2) is 17.4 Å². The van der Waals surface area contributed by atoms with Crippen molar-refractivity contribution in [1.82, 2.24) is 4.98 Å². The molecule has 0 bridgehead atoms. The lowest BCUT2D eigenvalue weighted by atomic mass is 10.3. The van der Waals surface area contributed by atoms with E-state index in [2.05, 4.69) is 21.0 Å². The van der Waals surface area contributed by atoms with Crippen LogP contribution in [0.1, 0.15) is 11.3 Å². The number of hydrogen-bond acceptors (Lipinski definition) is 3. The summed E-state index contributed by atoms with van der Waals surface area (Å²) in [7, 11) is 0. The highest BCUT2D eigenvalue weighted by Crippen LogP contribution is 2.36. The summed E-state index contributed by atoms with van der Waals surface area (Å²) in [5.41, 5.74) is 3.34. The van der Waals surface area contributed by atoms with Gasteiger partial charge < -0.3 is 0 Å². The summed E-state index contributed by atoms with van der Waals surface area (Å²) in [4.78, 5) is 12.8. The largest absolute Gasteiger partial charge is 0.253 e. The Hall–Kier alpha value is -1.77. The number of aromatic nitrogens is 1. The Morgan fingerprint density at radius 3 is 2.85 bits per heavy atom. The first-order chi connectivity index (χ1) is 6.43. The monoisotopic (exact) mass is 169 g/mol. The van der Waals surface area contributed by atoms with Gasteiger partial charge in [-0.25, -0.2) is 9.98 Å². The Balaban J connectivity index is 2.21. The maximum Gasteiger partial charge on any atom is 0.178 e. The van der Waals surface area contributed by atoms with E-state index in [-0.39, 0.29) is 0 Å². The molecule has 13 heavy (non-hydrogen) atoms. The Labute approximate surface area is 75.6 Å². The first-order valence-electron chi connectivity index (χ1n) is 4.20. The van der Waals surface area contributed by atoms with Gasteiger partial charge in [0.15, 0.2) is 5.82 Å². The summed E-state index contributed by atoms with van der Waals surface area (Å²) in [6.07, 6.45) is 8.22. The molecule has 62 valence electrons. The van der Waals surface area contributed by atoms with Crippen molar-refractivity contribution in [3.8, 4) is 0 Å². The van der Waals surface area contributed by atoms with E-state index in [0.717, 1.165) is 23.6 Å². The maximum atomic E-state index is 4.36. The van der Waals surface area contributed by atoms with Crippen LogP contribution in [-0.2, 0) is 6.42 Å². The average molecular weight is 169 g/mol. The van der Waals surface area contributed by atoms with E-state index in [1.54, 1.807) is 12.4 Å². The molecule has 1 aromatic heterocycles. The van der Waals surface area contributed by atoms with Crippen molar-refractivity contribution in [3.05, 3.63) is 29.5 Å². The fraction of sp³-hybridized carbons (Fsp3) is 0.100. The van der Waals surface area contributed by atoms with Crippen LogP contribution in [0.3, 0.4) is 0 Å². The van der Waals surface area contributed by atoms with Crippen molar-refractivity contribution in [2.45, 2.75) is 6.42 Å². The zero-order valence-corrected chi connectivity index (χ0v) is 6.94. The Kier molecular flexibility index (Phi) is 1.22. The van der Waals surface area contributed by atoms with Crippen LogP contribution < -0.4 is 0 Å². The molecule has 1 aromatic rings. The quantitative estimate of drug-likeness (QED) is 0.594. The van der Waals surface area contributed by atoms with Crippen LogP contribution in [0.4, 0.5) is 11.5 Å². The average Bonchev–Trinajstić information content (AvgIpc) is 2.82. The predicted molar refractivity (Wildman–Crippen MR) is 52.5 cm³/mol. The second kappa shape index (κ2) is 2.36. The summed E-state index contributed by atoms with van der Waals surface area (Å²) in [6, 6.07) is 2.06. The van der Waals surface area contributed by atoms with Crippen molar-refractivity contribution in [2.75, 3.05) is 0 Å². The van der Waals surface area contributed by atoms with Gasteiger partial charge in [0, 0.05) is 18.9 Å². The fourth-order valence-corrected chi connectivity index (χ4v) is 1.32. The molecular weight excluding hydrogens is 162 g/mol. The number of fused-ring (bicyclic) bond motifs is 2. The molecule has 3 rings (SSSR count). The minimum Gasteiger partial charge on any atom is -0.253 e. The number of allylic oxidation sites excluding steroid dienone is 2. The number of hydrogen-bond donors (Lipinski definition) is 0. The highest BCUT2D eigenvalue weighted by Gasteiger charge is 2.21. The Morgan fingerprint density at radius 1 is 1.08 bits per heavy atom. The lowest BCUT2D eigenvalue weighted by Crippen LogP contribution is -1.79. The van der Waals surface area contributed by atoms with Gasteiger partial charge in [0.05, 0.1) is 5.69 Å². The summed E-state index contributed by atoms with van der Waals surface area (Å²) < 4.78 is 0. The molecule has 1 aliphatic heterocycles. The van der Waals surface area contributed by atoms with Gasteiger partial charge in [-0.3, -0.25) is 4.99 Å². The standard InChI is InChI=1S/C10H7N3/c1-2-4-12-10-9(11-3-1)6-7-5-8(7)13-10/h1-4,6H,5H2/b2-1-,3-1?,4-2?,11-3?,11-9?,12-4-,12-10?. The zero-order valence-electron chi connectivity index (χ0n) is 6.94. The molecule has 0 spiro atoms. The van der Waals surface area contributed by atoms with Crippen LogP contribution in [0.15, 0.2) is 28.2 Å². The summed E-state index contributed by atoms with van der Waals surface area (Å²) in [6.45, 7) is 0. The Morgan fingerprint density at radius 2 is 1.92 bits per heavy atom. The topological polar surface area (TPSA) is 37.6 Å². The molecule has 0 saturated carbocycles. The van der Waals surface area contributed by atoms with Gasteiger partial charge in [0.1, 0.15) is 5.69 Å². The molecular formula is C10H7N3. The van der Waals surface area contributed by atoms with E-state index in [0.29, 0.717) is 0 Å². The highest BCUT2D eigenvalue weighted by molar-refractivity contribution is 5.87. The van der Waals surface area contributed by atoms with Crippen LogP contribution in [0, 0.1) is 0 Å². The number of pyridine rings is 1. The first-order valence-corrected chi connectivity index (χ1v) is 4.20. The highest BCUT2D eigenvalue weighted by atomic mass is 15.0. The van der Waals surface area contributed by atoms with Crippen LogP contribution in [0.5, 0.6) is 0 Å². The second-order valence-corrected chi connectivity index (χ2v) is 3.05. The van der Waals surface area contributed by atoms with Gasteiger partial charge in [-0.15, -0.1) is 0 Å². The summed E-state index contributed by atoms with van der Waals surface area (Å²) in [5, 5.41) is 0. The number of aliphatic imine (C=N–C) groups is 2. The molecule has 1 aliphatic carbocycles. The van der Waals surface area contributed by atoms with E-state index < -0.39 is 0 Å². The maximum absolute atomic E-state index is 4.36. The van der Waals surface area contributed by atoms with Gasteiger partial charge in [-0.2, -0.15) is 0 Å². The van der Waals surface area contributed by atoms with E-state index in [1.165, 1.54) is 5.56 Å². The van der Waals surface area contributed by atoms with Gasteiger partial charge in [-0.05, 0) is 23.8 Å². The zero-order chi connectivity index (χ0) is 8.67. The molecule has 2 heterocycles. The number of rotatable bonds is 0. The van der Waals surface area contributed by atoms with Gasteiger partial charge in [0.2, 0.25) is 0 Å². The molecule has 3 nitrogen and oxygen atoms in total. The van der Waals surface area contributed by atoms with E-state index >= 15 is 0 Å². The molecule has 0 fully saturated rings. The van der Waals surface area contributed by atoms with E-state index in [4.69, 9.17) is 0 Å². The molecule has 0 atom stereocenters. The third kappa shape index (κ3) is 1.09. The third-order valence-corrected chi connectivity index (χ3v) is 2.08. The Bertz CT molecular complexity index is 414. The SMILES string of the molecule is C1=Nc2cc3c(nc2/N=C\C=C/1)C3. The van der Waals surface area contributed by atoms with Crippen molar-refractivity contribution in [3.63, 3.8) is 0 Å². The molecule has 0 unspecified atom stereocenters. The van der Waals surface area contributed by atoms with Gasteiger partial charge in [-0.1, -0.05) is 0 Å². The van der Waals surface area contributed by atoms with Crippen molar-refractivity contribution in [2.24, 2.45) is 9.98 Å². The lowest BCUT2D eigenvalue weighted by molar-refractivity contribution is 1.25.